The van der Waals surface area contributed by atoms with E-state index in [4.69, 9.17) is 4.74 Å². The number of ether oxygens (including phenoxy) is 1. The van der Waals surface area contributed by atoms with Crippen LogP contribution in [0.1, 0.15) is 30.9 Å². The Balaban J connectivity index is 2.23. The van der Waals surface area contributed by atoms with Gasteiger partial charge in [-0.05, 0) is 23.6 Å². The van der Waals surface area contributed by atoms with Crippen LogP contribution in [0.4, 0.5) is 5.69 Å². The van der Waals surface area contributed by atoms with Crippen LogP contribution in [0.15, 0.2) is 42.6 Å². The van der Waals surface area contributed by atoms with Crippen LogP contribution in [0.2, 0.25) is 0 Å². The SMILES string of the molecule is CNc1cccc(C(C)C)c1COc1ccccn1. The van der Waals surface area contributed by atoms with E-state index in [1.807, 2.05) is 25.2 Å². The summed E-state index contributed by atoms with van der Waals surface area (Å²) >= 11 is 0. The van der Waals surface area contributed by atoms with Gasteiger partial charge in [0.2, 0.25) is 5.88 Å². The predicted molar refractivity (Wildman–Crippen MR) is 78.6 cm³/mol. The second-order valence-corrected chi connectivity index (χ2v) is 4.73. The fraction of sp³-hybridized carbons (Fsp3) is 0.312. The number of hydrogen-bond acceptors (Lipinski definition) is 3. The second-order valence-electron chi connectivity index (χ2n) is 4.73. The summed E-state index contributed by atoms with van der Waals surface area (Å²) in [6, 6.07) is 12.0. The highest BCUT2D eigenvalue weighted by molar-refractivity contribution is 5.55. The molecule has 1 heterocycles. The molecule has 3 heteroatoms. The smallest absolute Gasteiger partial charge is 0.213 e. The van der Waals surface area contributed by atoms with E-state index in [0.29, 0.717) is 18.4 Å². The Morgan fingerprint density at radius 3 is 2.63 bits per heavy atom. The summed E-state index contributed by atoms with van der Waals surface area (Å²) in [5, 5.41) is 3.23. The lowest BCUT2D eigenvalue weighted by Crippen LogP contribution is -2.06. The molecule has 2 rings (SSSR count). The van der Waals surface area contributed by atoms with Gasteiger partial charge in [0.1, 0.15) is 6.61 Å². The van der Waals surface area contributed by atoms with Crippen molar-refractivity contribution < 1.29 is 4.74 Å². The van der Waals surface area contributed by atoms with Crippen molar-refractivity contribution in [1.29, 1.82) is 0 Å². The molecule has 0 bridgehead atoms. The number of anilines is 1. The van der Waals surface area contributed by atoms with E-state index in [1.54, 1.807) is 6.20 Å². The first-order valence-electron chi connectivity index (χ1n) is 6.55. The lowest BCUT2D eigenvalue weighted by Gasteiger charge is -2.17. The summed E-state index contributed by atoms with van der Waals surface area (Å²) in [5.74, 6) is 1.12. The van der Waals surface area contributed by atoms with E-state index in [9.17, 15) is 0 Å². The maximum Gasteiger partial charge on any atom is 0.213 e. The molecule has 0 aliphatic carbocycles. The quantitative estimate of drug-likeness (QED) is 0.883. The minimum atomic E-state index is 0.468. The third kappa shape index (κ3) is 3.25. The molecule has 3 nitrogen and oxygen atoms in total. The van der Waals surface area contributed by atoms with E-state index in [-0.39, 0.29) is 0 Å². The molecule has 0 aliphatic rings. The van der Waals surface area contributed by atoms with Gasteiger partial charge in [-0.1, -0.05) is 32.0 Å². The molecule has 0 radical (unpaired) electrons. The Labute approximate surface area is 114 Å². The zero-order valence-electron chi connectivity index (χ0n) is 11.7. The van der Waals surface area contributed by atoms with Crippen molar-refractivity contribution in [1.82, 2.24) is 4.98 Å². The first-order valence-corrected chi connectivity index (χ1v) is 6.55. The van der Waals surface area contributed by atoms with Gasteiger partial charge in [0, 0.05) is 30.6 Å². The molecule has 1 aromatic heterocycles. The van der Waals surface area contributed by atoms with Crippen LogP contribution in [-0.2, 0) is 6.61 Å². The van der Waals surface area contributed by atoms with Gasteiger partial charge in [0.15, 0.2) is 0 Å². The molecule has 0 atom stereocenters. The van der Waals surface area contributed by atoms with Crippen molar-refractivity contribution in [2.45, 2.75) is 26.4 Å². The molecular formula is C16H20N2O. The number of nitrogens with one attached hydrogen (secondary N) is 1. The van der Waals surface area contributed by atoms with E-state index < -0.39 is 0 Å². The highest BCUT2D eigenvalue weighted by Crippen LogP contribution is 2.27. The van der Waals surface area contributed by atoms with E-state index in [0.717, 1.165) is 5.69 Å². The highest BCUT2D eigenvalue weighted by atomic mass is 16.5. The molecule has 0 saturated heterocycles. The largest absolute Gasteiger partial charge is 0.473 e. The van der Waals surface area contributed by atoms with Gasteiger partial charge < -0.3 is 10.1 Å². The van der Waals surface area contributed by atoms with Crippen molar-refractivity contribution >= 4 is 5.69 Å². The van der Waals surface area contributed by atoms with Crippen LogP contribution in [0.25, 0.3) is 0 Å². The molecular weight excluding hydrogens is 236 g/mol. The van der Waals surface area contributed by atoms with E-state index >= 15 is 0 Å². The molecule has 100 valence electrons. The van der Waals surface area contributed by atoms with Gasteiger partial charge in [-0.3, -0.25) is 0 Å². The number of aromatic nitrogens is 1. The van der Waals surface area contributed by atoms with Crippen molar-refractivity contribution in [3.8, 4) is 5.88 Å². The Bertz CT molecular complexity index is 524. The van der Waals surface area contributed by atoms with Crippen molar-refractivity contribution in [2.24, 2.45) is 0 Å². The van der Waals surface area contributed by atoms with Gasteiger partial charge in [-0.15, -0.1) is 0 Å². The maximum absolute atomic E-state index is 5.77. The highest BCUT2D eigenvalue weighted by Gasteiger charge is 2.11. The standard InChI is InChI=1S/C16H20N2O/c1-12(2)13-7-6-8-15(17-3)14(13)11-19-16-9-4-5-10-18-16/h4-10,12,17H,11H2,1-3H3. The van der Waals surface area contributed by atoms with E-state index in [1.165, 1.54) is 11.1 Å². The van der Waals surface area contributed by atoms with Gasteiger partial charge in [-0.2, -0.15) is 0 Å². The third-order valence-corrected chi connectivity index (χ3v) is 3.11. The molecule has 0 fully saturated rings. The number of benzene rings is 1. The average Bonchev–Trinajstić information content (AvgIpc) is 2.45. The Morgan fingerprint density at radius 2 is 2.00 bits per heavy atom. The molecule has 1 N–H and O–H groups in total. The van der Waals surface area contributed by atoms with Gasteiger partial charge in [0.25, 0.3) is 0 Å². The summed E-state index contributed by atoms with van der Waals surface area (Å²) in [6.45, 7) is 4.92. The number of pyridine rings is 1. The van der Waals surface area contributed by atoms with Crippen LogP contribution < -0.4 is 10.1 Å². The molecule has 1 aromatic carbocycles. The summed E-state index contributed by atoms with van der Waals surface area (Å²) < 4.78 is 5.77. The molecule has 0 unspecified atom stereocenters. The second kappa shape index (κ2) is 6.23. The first-order chi connectivity index (χ1) is 9.22. The average molecular weight is 256 g/mol. The zero-order valence-corrected chi connectivity index (χ0v) is 11.7. The van der Waals surface area contributed by atoms with Crippen LogP contribution in [0.5, 0.6) is 5.88 Å². The van der Waals surface area contributed by atoms with Crippen molar-refractivity contribution in [2.75, 3.05) is 12.4 Å². The third-order valence-electron chi connectivity index (χ3n) is 3.11. The number of hydrogen-bond donors (Lipinski definition) is 1. The lowest BCUT2D eigenvalue weighted by atomic mass is 9.96. The summed E-state index contributed by atoms with van der Waals surface area (Å²) in [7, 11) is 1.93. The molecule has 0 amide bonds. The van der Waals surface area contributed by atoms with Gasteiger partial charge >= 0.3 is 0 Å². The fourth-order valence-electron chi connectivity index (χ4n) is 2.12. The zero-order chi connectivity index (χ0) is 13.7. The Kier molecular flexibility index (Phi) is 4.39. The summed E-state index contributed by atoms with van der Waals surface area (Å²) in [5.41, 5.74) is 3.62. The Morgan fingerprint density at radius 1 is 1.16 bits per heavy atom. The molecule has 0 saturated carbocycles. The molecule has 0 aliphatic heterocycles. The first kappa shape index (κ1) is 13.4. The minimum Gasteiger partial charge on any atom is -0.473 e. The molecule has 19 heavy (non-hydrogen) atoms. The van der Waals surface area contributed by atoms with Crippen LogP contribution in [-0.4, -0.2) is 12.0 Å². The minimum absolute atomic E-state index is 0.468. The monoisotopic (exact) mass is 256 g/mol. The lowest BCUT2D eigenvalue weighted by molar-refractivity contribution is 0.293. The normalized spacial score (nSPS) is 10.5. The van der Waals surface area contributed by atoms with Crippen LogP contribution in [0.3, 0.4) is 0 Å². The van der Waals surface area contributed by atoms with Crippen molar-refractivity contribution in [3.05, 3.63) is 53.7 Å². The van der Waals surface area contributed by atoms with E-state index in [2.05, 4.69) is 42.3 Å². The van der Waals surface area contributed by atoms with Gasteiger partial charge in [-0.25, -0.2) is 4.98 Å². The van der Waals surface area contributed by atoms with Crippen molar-refractivity contribution in [3.63, 3.8) is 0 Å². The van der Waals surface area contributed by atoms with Crippen LogP contribution >= 0.6 is 0 Å². The predicted octanol–water partition coefficient (Wildman–Crippen LogP) is 3.83. The Hall–Kier alpha value is -2.03. The number of nitrogens with zero attached hydrogens (tertiary/aromatic N) is 1. The summed E-state index contributed by atoms with van der Waals surface area (Å²) in [6.07, 6.45) is 1.74. The van der Waals surface area contributed by atoms with Gasteiger partial charge in [0.05, 0.1) is 0 Å². The molecule has 0 spiro atoms. The topological polar surface area (TPSA) is 34.1 Å². The molecule has 2 aromatic rings. The fourth-order valence-corrected chi connectivity index (χ4v) is 2.12. The maximum atomic E-state index is 5.77. The number of rotatable bonds is 5. The summed E-state index contributed by atoms with van der Waals surface area (Å²) in [4.78, 5) is 4.18. The van der Waals surface area contributed by atoms with Crippen LogP contribution in [0, 0.1) is 0 Å².